The highest BCUT2D eigenvalue weighted by molar-refractivity contribution is 5.29. The molecule has 1 atom stereocenters. The fourth-order valence-electron chi connectivity index (χ4n) is 1.95. The minimum absolute atomic E-state index is 0.124. The molecule has 0 bridgehead atoms. The first-order valence-corrected chi connectivity index (χ1v) is 6.02. The van der Waals surface area contributed by atoms with E-state index in [0.29, 0.717) is 12.5 Å². The molecule has 18 heavy (non-hydrogen) atoms. The predicted molar refractivity (Wildman–Crippen MR) is 61.9 cm³/mol. The lowest BCUT2D eigenvalue weighted by Gasteiger charge is -2.14. The molecule has 5 heteroatoms. The Hall–Kier alpha value is -1.07. The van der Waals surface area contributed by atoms with Crippen molar-refractivity contribution >= 4 is 0 Å². The average molecular weight is 259 g/mol. The summed E-state index contributed by atoms with van der Waals surface area (Å²) in [6.07, 6.45) is -2.74. The molecular formula is C13H16F3NO. The van der Waals surface area contributed by atoms with Crippen LogP contribution in [-0.2, 0) is 12.7 Å². The number of aliphatic hydroxyl groups excluding tert-OH is 1. The van der Waals surface area contributed by atoms with Crippen LogP contribution >= 0.6 is 0 Å². The number of alkyl halides is 3. The SMILES string of the molecule is OC(CNCc1ccccc1C(F)(F)F)C1CC1. The summed E-state index contributed by atoms with van der Waals surface area (Å²) < 4.78 is 38.1. The van der Waals surface area contributed by atoms with Gasteiger partial charge in [-0.3, -0.25) is 0 Å². The minimum atomic E-state index is -4.33. The third kappa shape index (κ3) is 3.46. The summed E-state index contributed by atoms with van der Waals surface area (Å²) in [6.45, 7) is 0.469. The average Bonchev–Trinajstić information content (AvgIpc) is 3.12. The lowest BCUT2D eigenvalue weighted by atomic mass is 10.1. The fourth-order valence-corrected chi connectivity index (χ4v) is 1.95. The van der Waals surface area contributed by atoms with Crippen molar-refractivity contribution in [2.24, 2.45) is 5.92 Å². The zero-order valence-corrected chi connectivity index (χ0v) is 9.87. The number of benzene rings is 1. The summed E-state index contributed by atoms with van der Waals surface area (Å²) in [5, 5.41) is 12.5. The van der Waals surface area contributed by atoms with Gasteiger partial charge in [0.15, 0.2) is 0 Å². The van der Waals surface area contributed by atoms with Gasteiger partial charge < -0.3 is 10.4 Å². The standard InChI is InChI=1S/C13H16F3NO/c14-13(15,16)11-4-2-1-3-10(11)7-17-8-12(18)9-5-6-9/h1-4,9,12,17-18H,5-8H2. The quantitative estimate of drug-likeness (QED) is 0.851. The number of hydrogen-bond donors (Lipinski definition) is 2. The molecule has 1 unspecified atom stereocenters. The molecule has 2 N–H and O–H groups in total. The normalized spacial score (nSPS) is 17.8. The van der Waals surface area contributed by atoms with Gasteiger partial charge in [0.2, 0.25) is 0 Å². The molecule has 1 saturated carbocycles. The van der Waals surface area contributed by atoms with Gasteiger partial charge in [0.25, 0.3) is 0 Å². The van der Waals surface area contributed by atoms with Gasteiger partial charge in [-0.2, -0.15) is 13.2 Å². The molecular weight excluding hydrogens is 243 g/mol. The summed E-state index contributed by atoms with van der Waals surface area (Å²) in [7, 11) is 0. The molecule has 1 aliphatic rings. The zero-order valence-electron chi connectivity index (χ0n) is 9.87. The van der Waals surface area contributed by atoms with Gasteiger partial charge >= 0.3 is 6.18 Å². The van der Waals surface area contributed by atoms with Gasteiger partial charge in [0.05, 0.1) is 11.7 Å². The van der Waals surface area contributed by atoms with Crippen molar-refractivity contribution in [2.45, 2.75) is 31.7 Å². The molecule has 2 rings (SSSR count). The smallest absolute Gasteiger partial charge is 0.392 e. The molecule has 0 heterocycles. The van der Waals surface area contributed by atoms with E-state index >= 15 is 0 Å². The summed E-state index contributed by atoms with van der Waals surface area (Å²) in [5.41, 5.74) is -0.397. The van der Waals surface area contributed by atoms with E-state index in [1.807, 2.05) is 0 Å². The van der Waals surface area contributed by atoms with Crippen molar-refractivity contribution in [2.75, 3.05) is 6.54 Å². The summed E-state index contributed by atoms with van der Waals surface area (Å²) in [4.78, 5) is 0. The Kier molecular flexibility index (Phi) is 3.92. The molecule has 0 amide bonds. The van der Waals surface area contributed by atoms with E-state index in [2.05, 4.69) is 5.32 Å². The van der Waals surface area contributed by atoms with Crippen LogP contribution in [0.25, 0.3) is 0 Å². The second kappa shape index (κ2) is 5.28. The highest BCUT2D eigenvalue weighted by atomic mass is 19.4. The number of nitrogens with one attached hydrogen (secondary N) is 1. The Morgan fingerprint density at radius 3 is 2.56 bits per heavy atom. The van der Waals surface area contributed by atoms with Crippen LogP contribution in [0.4, 0.5) is 13.2 Å². The van der Waals surface area contributed by atoms with Gasteiger partial charge in [-0.05, 0) is 30.4 Å². The molecule has 0 radical (unpaired) electrons. The molecule has 0 spiro atoms. The molecule has 100 valence electrons. The fraction of sp³-hybridized carbons (Fsp3) is 0.538. The summed E-state index contributed by atoms with van der Waals surface area (Å²) in [5.74, 6) is 0.329. The van der Waals surface area contributed by atoms with E-state index < -0.39 is 17.8 Å². The Bertz CT molecular complexity index is 401. The van der Waals surface area contributed by atoms with Crippen LogP contribution in [0, 0.1) is 5.92 Å². The van der Waals surface area contributed by atoms with E-state index in [1.54, 1.807) is 6.07 Å². The zero-order chi connectivity index (χ0) is 13.2. The lowest BCUT2D eigenvalue weighted by molar-refractivity contribution is -0.138. The van der Waals surface area contributed by atoms with Gasteiger partial charge in [0, 0.05) is 13.1 Å². The third-order valence-corrected chi connectivity index (χ3v) is 3.16. The Morgan fingerprint density at radius 2 is 1.94 bits per heavy atom. The van der Waals surface area contributed by atoms with Crippen LogP contribution in [0.3, 0.4) is 0 Å². The maximum absolute atomic E-state index is 12.7. The summed E-state index contributed by atoms with van der Waals surface area (Å²) in [6, 6.07) is 5.50. The predicted octanol–water partition coefficient (Wildman–Crippen LogP) is 2.57. The Labute approximate surface area is 104 Å². The largest absolute Gasteiger partial charge is 0.416 e. The molecule has 1 aromatic carbocycles. The van der Waals surface area contributed by atoms with Crippen LogP contribution < -0.4 is 5.32 Å². The molecule has 0 aliphatic heterocycles. The molecule has 0 aromatic heterocycles. The van der Waals surface area contributed by atoms with Crippen LogP contribution in [-0.4, -0.2) is 17.8 Å². The highest BCUT2D eigenvalue weighted by Gasteiger charge is 2.33. The van der Waals surface area contributed by atoms with E-state index in [-0.39, 0.29) is 12.1 Å². The van der Waals surface area contributed by atoms with Crippen molar-refractivity contribution in [3.8, 4) is 0 Å². The van der Waals surface area contributed by atoms with Crippen molar-refractivity contribution in [3.05, 3.63) is 35.4 Å². The summed E-state index contributed by atoms with van der Waals surface area (Å²) >= 11 is 0. The maximum Gasteiger partial charge on any atom is 0.416 e. The van der Waals surface area contributed by atoms with Crippen molar-refractivity contribution in [1.82, 2.24) is 5.32 Å². The second-order valence-corrected chi connectivity index (χ2v) is 4.69. The first kappa shape index (κ1) is 13.4. The van der Waals surface area contributed by atoms with Crippen LogP contribution in [0.1, 0.15) is 24.0 Å². The molecule has 1 aliphatic carbocycles. The molecule has 0 saturated heterocycles. The third-order valence-electron chi connectivity index (χ3n) is 3.16. The van der Waals surface area contributed by atoms with E-state index in [4.69, 9.17) is 0 Å². The lowest BCUT2D eigenvalue weighted by Crippen LogP contribution is -2.28. The Balaban J connectivity index is 1.92. The molecule has 1 aromatic rings. The van der Waals surface area contributed by atoms with Crippen LogP contribution in [0.15, 0.2) is 24.3 Å². The van der Waals surface area contributed by atoms with Gasteiger partial charge in [0.1, 0.15) is 0 Å². The number of halogens is 3. The molecule has 2 nitrogen and oxygen atoms in total. The topological polar surface area (TPSA) is 32.3 Å². The first-order valence-electron chi connectivity index (χ1n) is 6.02. The van der Waals surface area contributed by atoms with Crippen molar-refractivity contribution in [3.63, 3.8) is 0 Å². The van der Waals surface area contributed by atoms with E-state index in [1.165, 1.54) is 12.1 Å². The van der Waals surface area contributed by atoms with Crippen molar-refractivity contribution < 1.29 is 18.3 Å². The van der Waals surface area contributed by atoms with Crippen LogP contribution in [0.5, 0.6) is 0 Å². The maximum atomic E-state index is 12.7. The number of aliphatic hydroxyl groups is 1. The van der Waals surface area contributed by atoms with Crippen molar-refractivity contribution in [1.29, 1.82) is 0 Å². The first-order chi connectivity index (χ1) is 8.48. The highest BCUT2D eigenvalue weighted by Crippen LogP contribution is 2.33. The van der Waals surface area contributed by atoms with Gasteiger partial charge in [-0.1, -0.05) is 18.2 Å². The minimum Gasteiger partial charge on any atom is -0.392 e. The monoisotopic (exact) mass is 259 g/mol. The Morgan fingerprint density at radius 1 is 1.28 bits per heavy atom. The number of rotatable bonds is 5. The van der Waals surface area contributed by atoms with E-state index in [0.717, 1.165) is 18.9 Å². The van der Waals surface area contributed by atoms with Gasteiger partial charge in [-0.25, -0.2) is 0 Å². The van der Waals surface area contributed by atoms with Gasteiger partial charge in [-0.15, -0.1) is 0 Å². The second-order valence-electron chi connectivity index (χ2n) is 4.69. The number of hydrogen-bond acceptors (Lipinski definition) is 2. The molecule has 1 fully saturated rings. The van der Waals surface area contributed by atoms with Crippen LogP contribution in [0.2, 0.25) is 0 Å². The van der Waals surface area contributed by atoms with E-state index in [9.17, 15) is 18.3 Å².